The van der Waals surface area contributed by atoms with Crippen molar-refractivity contribution in [2.24, 2.45) is 0 Å². The number of hydrogen-bond acceptors (Lipinski definition) is 4. The quantitative estimate of drug-likeness (QED) is 0.882. The highest BCUT2D eigenvalue weighted by Gasteiger charge is 2.18. The minimum Gasteiger partial charge on any atom is -0.507 e. The number of amides is 1. The molecule has 0 bridgehead atoms. The van der Waals surface area contributed by atoms with Crippen molar-refractivity contribution < 1.29 is 9.90 Å². The summed E-state index contributed by atoms with van der Waals surface area (Å²) >= 11 is 4.72. The summed E-state index contributed by atoms with van der Waals surface area (Å²) < 4.78 is 0.567. The number of benzene rings is 1. The number of aryl methyl sites for hydroxylation is 2. The average molecular weight is 339 g/mol. The Bertz CT molecular complexity index is 633. The molecule has 0 saturated heterocycles. The molecule has 19 heavy (non-hydrogen) atoms. The van der Waals surface area contributed by atoms with Gasteiger partial charge in [-0.3, -0.25) is 10.1 Å². The van der Waals surface area contributed by atoms with Crippen LogP contribution in [0.25, 0.3) is 0 Å². The fourth-order valence-electron chi connectivity index (χ4n) is 2.07. The molecular formula is C13H11BrN2O2S. The highest BCUT2D eigenvalue weighted by atomic mass is 79.9. The Labute approximate surface area is 122 Å². The molecule has 0 fully saturated rings. The predicted octanol–water partition coefficient (Wildman–Crippen LogP) is 3.35. The van der Waals surface area contributed by atoms with Crippen LogP contribution in [0.1, 0.15) is 27.3 Å². The van der Waals surface area contributed by atoms with E-state index in [1.807, 2.05) is 0 Å². The van der Waals surface area contributed by atoms with E-state index >= 15 is 0 Å². The van der Waals surface area contributed by atoms with Gasteiger partial charge in [0, 0.05) is 10.4 Å². The summed E-state index contributed by atoms with van der Waals surface area (Å²) in [6.45, 7) is 0. The second kappa shape index (κ2) is 4.94. The van der Waals surface area contributed by atoms with E-state index in [9.17, 15) is 9.90 Å². The normalized spacial score (nSPS) is 13.3. The standard InChI is InChI=1S/C13H11BrN2O2S/c14-8-5-4-7(6-10(8)17)12(18)16-13-15-9-2-1-3-11(9)19-13/h4-6,17H,1-3H2,(H,15,16,18). The molecule has 2 N–H and O–H groups in total. The summed E-state index contributed by atoms with van der Waals surface area (Å²) in [5.41, 5.74) is 1.52. The number of halogens is 1. The molecule has 2 aromatic rings. The smallest absolute Gasteiger partial charge is 0.257 e. The second-order valence-corrected chi connectivity index (χ2v) is 6.30. The molecule has 1 amide bonds. The Kier molecular flexibility index (Phi) is 3.28. The average Bonchev–Trinajstić information content (AvgIpc) is 2.93. The van der Waals surface area contributed by atoms with Crippen LogP contribution in [-0.4, -0.2) is 16.0 Å². The minimum absolute atomic E-state index is 0.0503. The SMILES string of the molecule is O=C(Nc1nc2c(s1)CCC2)c1ccc(Br)c(O)c1. The molecule has 1 heterocycles. The molecular weight excluding hydrogens is 328 g/mol. The first-order chi connectivity index (χ1) is 9.13. The van der Waals surface area contributed by atoms with Gasteiger partial charge in [0.2, 0.25) is 0 Å². The lowest BCUT2D eigenvalue weighted by atomic mass is 10.2. The summed E-state index contributed by atoms with van der Waals surface area (Å²) in [7, 11) is 0. The highest BCUT2D eigenvalue weighted by molar-refractivity contribution is 9.10. The fraction of sp³-hybridized carbons (Fsp3) is 0.231. The number of carbonyl (C=O) groups excluding carboxylic acids is 1. The number of fused-ring (bicyclic) bond motifs is 1. The van der Waals surface area contributed by atoms with E-state index in [4.69, 9.17) is 0 Å². The summed E-state index contributed by atoms with van der Waals surface area (Å²) in [5.74, 6) is -0.204. The Morgan fingerprint density at radius 1 is 1.42 bits per heavy atom. The lowest BCUT2D eigenvalue weighted by Crippen LogP contribution is -2.11. The Balaban J connectivity index is 1.78. The number of phenolic OH excluding ortho intramolecular Hbond substituents is 1. The molecule has 98 valence electrons. The molecule has 6 heteroatoms. The third-order valence-electron chi connectivity index (χ3n) is 3.02. The lowest BCUT2D eigenvalue weighted by molar-refractivity contribution is 0.102. The van der Waals surface area contributed by atoms with Gasteiger partial charge in [0.15, 0.2) is 5.13 Å². The van der Waals surface area contributed by atoms with E-state index in [1.165, 1.54) is 22.3 Å². The number of aromatic hydroxyl groups is 1. The Morgan fingerprint density at radius 3 is 3.00 bits per heavy atom. The number of nitrogens with one attached hydrogen (secondary N) is 1. The summed E-state index contributed by atoms with van der Waals surface area (Å²) in [4.78, 5) is 17.7. The van der Waals surface area contributed by atoms with Gasteiger partial charge < -0.3 is 5.11 Å². The zero-order chi connectivity index (χ0) is 13.4. The number of anilines is 1. The van der Waals surface area contributed by atoms with E-state index in [-0.39, 0.29) is 11.7 Å². The number of hydrogen-bond donors (Lipinski definition) is 2. The number of carbonyl (C=O) groups is 1. The van der Waals surface area contributed by atoms with Crippen molar-refractivity contribution in [2.45, 2.75) is 19.3 Å². The number of aromatic nitrogens is 1. The van der Waals surface area contributed by atoms with Crippen molar-refractivity contribution in [1.82, 2.24) is 4.98 Å². The minimum atomic E-state index is -0.254. The van der Waals surface area contributed by atoms with E-state index < -0.39 is 0 Å². The van der Waals surface area contributed by atoms with Gasteiger partial charge in [-0.05, 0) is 53.4 Å². The van der Waals surface area contributed by atoms with Crippen molar-refractivity contribution in [2.75, 3.05) is 5.32 Å². The molecule has 4 nitrogen and oxygen atoms in total. The lowest BCUT2D eigenvalue weighted by Gasteiger charge is -2.03. The van der Waals surface area contributed by atoms with E-state index in [0.717, 1.165) is 25.0 Å². The van der Waals surface area contributed by atoms with Crippen molar-refractivity contribution >= 4 is 38.3 Å². The maximum Gasteiger partial charge on any atom is 0.257 e. The molecule has 1 aromatic heterocycles. The Morgan fingerprint density at radius 2 is 2.26 bits per heavy atom. The van der Waals surface area contributed by atoms with Gasteiger partial charge in [-0.2, -0.15) is 0 Å². The molecule has 0 radical (unpaired) electrons. The Hall–Kier alpha value is -1.40. The molecule has 1 aromatic carbocycles. The van der Waals surface area contributed by atoms with Gasteiger partial charge in [-0.15, -0.1) is 11.3 Å². The maximum absolute atomic E-state index is 12.0. The van der Waals surface area contributed by atoms with Gasteiger partial charge >= 0.3 is 0 Å². The van der Waals surface area contributed by atoms with Crippen molar-refractivity contribution in [3.8, 4) is 5.75 Å². The van der Waals surface area contributed by atoms with Crippen LogP contribution in [0.4, 0.5) is 5.13 Å². The van der Waals surface area contributed by atoms with E-state index in [1.54, 1.807) is 12.1 Å². The summed E-state index contributed by atoms with van der Waals surface area (Å²) in [6.07, 6.45) is 3.21. The van der Waals surface area contributed by atoms with Crippen molar-refractivity contribution in [1.29, 1.82) is 0 Å². The zero-order valence-corrected chi connectivity index (χ0v) is 12.3. The van der Waals surface area contributed by atoms with Gasteiger partial charge in [0.05, 0.1) is 10.2 Å². The van der Waals surface area contributed by atoms with Crippen LogP contribution >= 0.6 is 27.3 Å². The van der Waals surface area contributed by atoms with Crippen LogP contribution in [-0.2, 0) is 12.8 Å². The monoisotopic (exact) mass is 338 g/mol. The third-order valence-corrected chi connectivity index (χ3v) is 4.77. The van der Waals surface area contributed by atoms with Gasteiger partial charge in [0.1, 0.15) is 5.75 Å². The molecule has 0 saturated carbocycles. The van der Waals surface area contributed by atoms with Crippen LogP contribution < -0.4 is 5.32 Å². The van der Waals surface area contributed by atoms with Crippen molar-refractivity contribution in [3.63, 3.8) is 0 Å². The van der Waals surface area contributed by atoms with E-state index in [0.29, 0.717) is 15.2 Å². The molecule has 0 spiro atoms. The molecule has 0 atom stereocenters. The number of phenols is 1. The predicted molar refractivity (Wildman–Crippen MR) is 77.9 cm³/mol. The van der Waals surface area contributed by atoms with Crippen LogP contribution in [0.2, 0.25) is 0 Å². The largest absolute Gasteiger partial charge is 0.507 e. The van der Waals surface area contributed by atoms with Crippen LogP contribution in [0.5, 0.6) is 5.75 Å². The van der Waals surface area contributed by atoms with Crippen molar-refractivity contribution in [3.05, 3.63) is 38.8 Å². The maximum atomic E-state index is 12.0. The topological polar surface area (TPSA) is 62.2 Å². The summed E-state index contributed by atoms with van der Waals surface area (Å²) in [5, 5.41) is 13.0. The highest BCUT2D eigenvalue weighted by Crippen LogP contribution is 2.31. The number of thiazole rings is 1. The number of rotatable bonds is 2. The van der Waals surface area contributed by atoms with Gasteiger partial charge in [-0.25, -0.2) is 4.98 Å². The first-order valence-corrected chi connectivity index (χ1v) is 7.53. The number of nitrogens with zero attached hydrogens (tertiary/aromatic N) is 1. The third kappa shape index (κ3) is 2.50. The first kappa shape index (κ1) is 12.6. The van der Waals surface area contributed by atoms with Gasteiger partial charge in [0.25, 0.3) is 5.91 Å². The van der Waals surface area contributed by atoms with Crippen LogP contribution in [0.15, 0.2) is 22.7 Å². The zero-order valence-electron chi connectivity index (χ0n) is 9.94. The molecule has 0 aliphatic heterocycles. The first-order valence-electron chi connectivity index (χ1n) is 5.92. The molecule has 0 unspecified atom stereocenters. The van der Waals surface area contributed by atoms with Gasteiger partial charge in [-0.1, -0.05) is 0 Å². The summed E-state index contributed by atoms with van der Waals surface area (Å²) in [6, 6.07) is 4.73. The van der Waals surface area contributed by atoms with Crippen LogP contribution in [0.3, 0.4) is 0 Å². The fourth-order valence-corrected chi connectivity index (χ4v) is 3.36. The van der Waals surface area contributed by atoms with E-state index in [2.05, 4.69) is 26.2 Å². The molecule has 1 aliphatic rings. The van der Waals surface area contributed by atoms with Crippen LogP contribution in [0, 0.1) is 0 Å². The molecule has 3 rings (SSSR count). The molecule has 1 aliphatic carbocycles. The second-order valence-electron chi connectivity index (χ2n) is 4.36.